The van der Waals surface area contributed by atoms with Crippen molar-refractivity contribution in [1.29, 1.82) is 0 Å². The van der Waals surface area contributed by atoms with Crippen molar-refractivity contribution in [3.63, 3.8) is 0 Å². The summed E-state index contributed by atoms with van der Waals surface area (Å²) in [5.41, 5.74) is 0.0621. The highest BCUT2D eigenvalue weighted by Gasteiger charge is 2.31. The fourth-order valence-corrected chi connectivity index (χ4v) is 2.34. The molecule has 1 atom stereocenters. The second-order valence-corrected chi connectivity index (χ2v) is 5.40. The average molecular weight is 225 g/mol. The minimum absolute atomic E-state index is 0.0621. The first-order chi connectivity index (χ1) is 7.57. The van der Waals surface area contributed by atoms with Crippen LogP contribution in [0.5, 0.6) is 0 Å². The molecule has 0 aromatic carbocycles. The monoisotopic (exact) mass is 225 g/mol. The van der Waals surface area contributed by atoms with E-state index >= 15 is 0 Å². The van der Waals surface area contributed by atoms with Gasteiger partial charge in [-0.25, -0.2) is 0 Å². The molecule has 0 aromatic heterocycles. The Bertz CT molecular complexity index is 275. The zero-order valence-corrected chi connectivity index (χ0v) is 10.6. The number of hydrogen-bond acceptors (Lipinski definition) is 4. The zero-order chi connectivity index (χ0) is 11.6. The number of nitrogens with one attached hydrogen (secondary N) is 1. The van der Waals surface area contributed by atoms with Crippen molar-refractivity contribution in [2.75, 3.05) is 26.7 Å². The fourth-order valence-electron chi connectivity index (χ4n) is 2.34. The molecule has 4 heteroatoms. The quantitative estimate of drug-likeness (QED) is 0.768. The van der Waals surface area contributed by atoms with Gasteiger partial charge in [-0.05, 0) is 33.1 Å². The van der Waals surface area contributed by atoms with Gasteiger partial charge in [0.2, 0.25) is 0 Å². The highest BCUT2D eigenvalue weighted by molar-refractivity contribution is 5.80. The van der Waals surface area contributed by atoms with Crippen LogP contribution in [0.3, 0.4) is 0 Å². The summed E-state index contributed by atoms with van der Waals surface area (Å²) in [5.74, 6) is 1.03. The summed E-state index contributed by atoms with van der Waals surface area (Å²) in [6.45, 7) is 7.26. The maximum absolute atomic E-state index is 5.94. The van der Waals surface area contributed by atoms with Crippen molar-refractivity contribution in [2.45, 2.75) is 44.8 Å². The van der Waals surface area contributed by atoms with Gasteiger partial charge in [0.25, 0.3) is 0 Å². The second-order valence-electron chi connectivity index (χ2n) is 5.40. The maximum atomic E-state index is 5.94. The lowest BCUT2D eigenvalue weighted by molar-refractivity contribution is -0.0128. The zero-order valence-electron chi connectivity index (χ0n) is 10.6. The van der Waals surface area contributed by atoms with E-state index in [4.69, 9.17) is 4.74 Å². The third-order valence-electron chi connectivity index (χ3n) is 3.32. The summed E-state index contributed by atoms with van der Waals surface area (Å²) in [5, 5.41) is 3.40. The molecule has 0 saturated carbocycles. The van der Waals surface area contributed by atoms with Gasteiger partial charge in [-0.1, -0.05) is 0 Å². The Labute approximate surface area is 98.1 Å². The molecule has 0 amide bonds. The van der Waals surface area contributed by atoms with E-state index in [1.807, 2.05) is 0 Å². The summed E-state index contributed by atoms with van der Waals surface area (Å²) in [6.07, 6.45) is 3.81. The maximum Gasteiger partial charge on any atom is 0.193 e. The highest BCUT2D eigenvalue weighted by Crippen LogP contribution is 2.28. The topological polar surface area (TPSA) is 36.9 Å². The lowest BCUT2D eigenvalue weighted by Gasteiger charge is -2.27. The van der Waals surface area contributed by atoms with Gasteiger partial charge in [0.15, 0.2) is 5.96 Å². The third kappa shape index (κ3) is 2.88. The normalized spacial score (nSPS) is 29.1. The van der Waals surface area contributed by atoms with Crippen LogP contribution in [-0.2, 0) is 4.74 Å². The van der Waals surface area contributed by atoms with Crippen molar-refractivity contribution < 1.29 is 4.74 Å². The van der Waals surface area contributed by atoms with E-state index < -0.39 is 0 Å². The van der Waals surface area contributed by atoms with E-state index in [-0.39, 0.29) is 5.60 Å². The minimum Gasteiger partial charge on any atom is -0.371 e. The van der Waals surface area contributed by atoms with Gasteiger partial charge in [-0.2, -0.15) is 0 Å². The van der Waals surface area contributed by atoms with Gasteiger partial charge in [-0.15, -0.1) is 0 Å². The van der Waals surface area contributed by atoms with Crippen LogP contribution in [0.25, 0.3) is 0 Å². The summed E-state index contributed by atoms with van der Waals surface area (Å²) in [4.78, 5) is 6.67. The predicted molar refractivity (Wildman–Crippen MR) is 65.7 cm³/mol. The molecule has 2 aliphatic heterocycles. The SMILES string of the molecule is CN1CCCN=C1NCC1CCC(C)(C)O1. The molecule has 2 rings (SSSR count). The smallest absolute Gasteiger partial charge is 0.193 e. The van der Waals surface area contributed by atoms with Gasteiger partial charge < -0.3 is 15.0 Å². The first-order valence-corrected chi connectivity index (χ1v) is 6.24. The van der Waals surface area contributed by atoms with Crippen molar-refractivity contribution >= 4 is 5.96 Å². The van der Waals surface area contributed by atoms with Gasteiger partial charge in [0, 0.05) is 26.7 Å². The van der Waals surface area contributed by atoms with E-state index in [9.17, 15) is 0 Å². The first kappa shape index (κ1) is 11.7. The van der Waals surface area contributed by atoms with Crippen LogP contribution in [-0.4, -0.2) is 49.2 Å². The molecule has 0 radical (unpaired) electrons. The van der Waals surface area contributed by atoms with Crippen LogP contribution < -0.4 is 5.32 Å². The van der Waals surface area contributed by atoms with Gasteiger partial charge in [-0.3, -0.25) is 4.99 Å². The van der Waals surface area contributed by atoms with Crippen LogP contribution in [0.1, 0.15) is 33.1 Å². The molecular formula is C12H23N3O. The Morgan fingerprint density at radius 1 is 1.56 bits per heavy atom. The van der Waals surface area contributed by atoms with Crippen molar-refractivity contribution in [3.8, 4) is 0 Å². The van der Waals surface area contributed by atoms with Crippen molar-refractivity contribution in [1.82, 2.24) is 10.2 Å². The Morgan fingerprint density at radius 3 is 3.00 bits per heavy atom. The molecule has 16 heavy (non-hydrogen) atoms. The van der Waals surface area contributed by atoms with Crippen LogP contribution in [0.15, 0.2) is 4.99 Å². The molecule has 1 fully saturated rings. The molecule has 1 unspecified atom stereocenters. The summed E-state index contributed by atoms with van der Waals surface area (Å²) >= 11 is 0. The van der Waals surface area contributed by atoms with Gasteiger partial charge in [0.05, 0.1) is 11.7 Å². The van der Waals surface area contributed by atoms with E-state index in [2.05, 4.69) is 36.1 Å². The largest absolute Gasteiger partial charge is 0.371 e. The number of hydrogen-bond donors (Lipinski definition) is 1. The Kier molecular flexibility index (Phi) is 3.38. The van der Waals surface area contributed by atoms with Crippen LogP contribution >= 0.6 is 0 Å². The minimum atomic E-state index is 0.0621. The van der Waals surface area contributed by atoms with E-state index in [1.54, 1.807) is 0 Å². The third-order valence-corrected chi connectivity index (χ3v) is 3.32. The van der Waals surface area contributed by atoms with E-state index in [0.29, 0.717) is 6.10 Å². The van der Waals surface area contributed by atoms with E-state index in [1.165, 1.54) is 0 Å². The molecule has 2 heterocycles. The summed E-state index contributed by atoms with van der Waals surface area (Å²) in [6, 6.07) is 0. The number of nitrogens with zero attached hydrogens (tertiary/aromatic N) is 2. The Morgan fingerprint density at radius 2 is 2.38 bits per heavy atom. The van der Waals surface area contributed by atoms with Crippen LogP contribution in [0.2, 0.25) is 0 Å². The first-order valence-electron chi connectivity index (χ1n) is 6.24. The molecule has 0 aromatic rings. The molecule has 1 saturated heterocycles. The molecule has 0 bridgehead atoms. The second kappa shape index (κ2) is 4.62. The highest BCUT2D eigenvalue weighted by atomic mass is 16.5. The lowest BCUT2D eigenvalue weighted by atomic mass is 10.1. The van der Waals surface area contributed by atoms with Crippen LogP contribution in [0.4, 0.5) is 0 Å². The van der Waals surface area contributed by atoms with Crippen molar-refractivity contribution in [3.05, 3.63) is 0 Å². The van der Waals surface area contributed by atoms with Gasteiger partial charge >= 0.3 is 0 Å². The molecule has 2 aliphatic rings. The number of rotatable bonds is 2. The standard InChI is InChI=1S/C12H23N3O/c1-12(2)6-5-10(16-12)9-14-11-13-7-4-8-15(11)3/h10H,4-9H2,1-3H3,(H,13,14). The Balaban J connectivity index is 1.77. The number of ether oxygens (including phenoxy) is 1. The molecule has 1 N–H and O–H groups in total. The summed E-state index contributed by atoms with van der Waals surface area (Å²) < 4.78 is 5.94. The molecule has 0 spiro atoms. The molecule has 92 valence electrons. The molecule has 0 aliphatic carbocycles. The van der Waals surface area contributed by atoms with Crippen LogP contribution in [0, 0.1) is 0 Å². The van der Waals surface area contributed by atoms with E-state index in [0.717, 1.165) is 44.9 Å². The number of guanidine groups is 1. The fraction of sp³-hybridized carbons (Fsp3) is 0.917. The number of aliphatic imine (C=N–C) groups is 1. The predicted octanol–water partition coefficient (Wildman–Crippen LogP) is 1.23. The Hall–Kier alpha value is -0.770. The summed E-state index contributed by atoms with van der Waals surface area (Å²) in [7, 11) is 2.09. The van der Waals surface area contributed by atoms with Gasteiger partial charge in [0.1, 0.15) is 0 Å². The molecular weight excluding hydrogens is 202 g/mol. The molecule has 4 nitrogen and oxygen atoms in total. The average Bonchev–Trinajstić information content (AvgIpc) is 2.57. The lowest BCUT2D eigenvalue weighted by Crippen LogP contribution is -2.45. The van der Waals surface area contributed by atoms with Crippen molar-refractivity contribution in [2.24, 2.45) is 4.99 Å².